The molecule has 14 heavy (non-hydrogen) atoms. The van der Waals surface area contributed by atoms with Crippen molar-refractivity contribution in [2.45, 2.75) is 6.92 Å². The Kier molecular flexibility index (Phi) is 2.27. The lowest BCUT2D eigenvalue weighted by Gasteiger charge is -2.08. The fourth-order valence-corrected chi connectivity index (χ4v) is 1.55. The maximum absolute atomic E-state index is 5.36. The number of rotatable bonds is 2. The molecule has 0 unspecified atom stereocenters. The third-order valence-electron chi connectivity index (χ3n) is 2.22. The molecule has 2 aromatic rings. The number of ether oxygens (including phenoxy) is 1. The highest BCUT2D eigenvalue weighted by atomic mass is 16.5. The highest BCUT2D eigenvalue weighted by Gasteiger charge is 2.10. The van der Waals surface area contributed by atoms with Crippen LogP contribution in [-0.2, 0) is 0 Å². The summed E-state index contributed by atoms with van der Waals surface area (Å²) in [6.45, 7) is 2.04. The van der Waals surface area contributed by atoms with Gasteiger partial charge in [0.1, 0.15) is 11.5 Å². The summed E-state index contributed by atoms with van der Waals surface area (Å²) in [5.41, 5.74) is 2.18. The molecular formula is C12H12O2. The maximum atomic E-state index is 5.36. The summed E-state index contributed by atoms with van der Waals surface area (Å²) in [5, 5.41) is 0. The first kappa shape index (κ1) is 8.88. The molecule has 0 amide bonds. The van der Waals surface area contributed by atoms with Crippen molar-refractivity contribution in [2.75, 3.05) is 7.11 Å². The van der Waals surface area contributed by atoms with Crippen LogP contribution < -0.4 is 4.74 Å². The molecule has 0 atom stereocenters. The van der Waals surface area contributed by atoms with Gasteiger partial charge in [0.2, 0.25) is 0 Å². The van der Waals surface area contributed by atoms with Crippen LogP contribution in [-0.4, -0.2) is 7.11 Å². The molecule has 0 saturated carbocycles. The Morgan fingerprint density at radius 1 is 1.14 bits per heavy atom. The van der Waals surface area contributed by atoms with E-state index in [1.807, 2.05) is 37.3 Å². The summed E-state index contributed by atoms with van der Waals surface area (Å²) in [6.07, 6.45) is 1.67. The van der Waals surface area contributed by atoms with E-state index in [9.17, 15) is 0 Å². The Morgan fingerprint density at radius 3 is 2.64 bits per heavy atom. The predicted octanol–water partition coefficient (Wildman–Crippen LogP) is 3.26. The number of benzene rings is 1. The average molecular weight is 188 g/mol. The van der Waals surface area contributed by atoms with Crippen molar-refractivity contribution in [2.24, 2.45) is 0 Å². The van der Waals surface area contributed by atoms with Gasteiger partial charge in [-0.05, 0) is 30.7 Å². The summed E-state index contributed by atoms with van der Waals surface area (Å²) in [5.74, 6) is 1.69. The zero-order valence-corrected chi connectivity index (χ0v) is 8.28. The molecular weight excluding hydrogens is 176 g/mol. The SMILES string of the molecule is COc1cccc(C)c1-c1ccco1. The molecule has 0 saturated heterocycles. The van der Waals surface area contributed by atoms with Crippen molar-refractivity contribution in [1.29, 1.82) is 0 Å². The molecule has 0 N–H and O–H groups in total. The molecule has 0 bridgehead atoms. The van der Waals surface area contributed by atoms with Crippen molar-refractivity contribution >= 4 is 0 Å². The molecule has 1 aromatic carbocycles. The summed E-state index contributed by atoms with van der Waals surface area (Å²) >= 11 is 0. The zero-order valence-electron chi connectivity index (χ0n) is 8.28. The number of methoxy groups -OCH3 is 1. The van der Waals surface area contributed by atoms with Crippen LogP contribution in [0.1, 0.15) is 5.56 Å². The predicted molar refractivity (Wildman–Crippen MR) is 55.4 cm³/mol. The van der Waals surface area contributed by atoms with Crippen LogP contribution in [0.2, 0.25) is 0 Å². The molecule has 0 spiro atoms. The van der Waals surface area contributed by atoms with Crippen LogP contribution in [0.5, 0.6) is 5.75 Å². The number of hydrogen-bond donors (Lipinski definition) is 0. The van der Waals surface area contributed by atoms with E-state index in [1.54, 1.807) is 13.4 Å². The second-order valence-electron chi connectivity index (χ2n) is 3.13. The van der Waals surface area contributed by atoms with E-state index in [4.69, 9.17) is 9.15 Å². The maximum Gasteiger partial charge on any atom is 0.137 e. The summed E-state index contributed by atoms with van der Waals surface area (Å²) < 4.78 is 10.7. The molecule has 72 valence electrons. The van der Waals surface area contributed by atoms with Gasteiger partial charge < -0.3 is 9.15 Å². The Bertz CT molecular complexity index is 416. The van der Waals surface area contributed by atoms with Crippen LogP contribution in [0.15, 0.2) is 41.0 Å². The standard InChI is InChI=1S/C12H12O2/c1-9-5-3-6-10(13-2)12(9)11-7-4-8-14-11/h3-8H,1-2H3. The average Bonchev–Trinajstić information content (AvgIpc) is 2.70. The topological polar surface area (TPSA) is 22.4 Å². The monoisotopic (exact) mass is 188 g/mol. The van der Waals surface area contributed by atoms with Crippen LogP contribution >= 0.6 is 0 Å². The molecule has 2 nitrogen and oxygen atoms in total. The summed E-state index contributed by atoms with van der Waals surface area (Å²) in [6, 6.07) is 9.76. The lowest BCUT2D eigenvalue weighted by Crippen LogP contribution is -1.89. The van der Waals surface area contributed by atoms with E-state index >= 15 is 0 Å². The molecule has 2 heteroatoms. The molecule has 0 aliphatic heterocycles. The highest BCUT2D eigenvalue weighted by molar-refractivity contribution is 5.69. The van der Waals surface area contributed by atoms with Gasteiger partial charge in [-0.25, -0.2) is 0 Å². The second kappa shape index (κ2) is 3.58. The van der Waals surface area contributed by atoms with Gasteiger partial charge in [0.25, 0.3) is 0 Å². The molecule has 1 aromatic heterocycles. The second-order valence-corrected chi connectivity index (χ2v) is 3.13. The van der Waals surface area contributed by atoms with Crippen molar-refractivity contribution < 1.29 is 9.15 Å². The van der Waals surface area contributed by atoms with Gasteiger partial charge in [-0.3, -0.25) is 0 Å². The van der Waals surface area contributed by atoms with Crippen LogP contribution in [0.4, 0.5) is 0 Å². The van der Waals surface area contributed by atoms with Gasteiger partial charge in [0.05, 0.1) is 18.9 Å². The van der Waals surface area contributed by atoms with Gasteiger partial charge in [0.15, 0.2) is 0 Å². The quantitative estimate of drug-likeness (QED) is 0.721. The minimum Gasteiger partial charge on any atom is -0.496 e. The first-order chi connectivity index (χ1) is 6.83. The number of hydrogen-bond acceptors (Lipinski definition) is 2. The molecule has 0 aliphatic carbocycles. The van der Waals surface area contributed by atoms with Crippen molar-refractivity contribution in [1.82, 2.24) is 0 Å². The van der Waals surface area contributed by atoms with E-state index in [1.165, 1.54) is 0 Å². The fraction of sp³-hybridized carbons (Fsp3) is 0.167. The third kappa shape index (κ3) is 1.39. The van der Waals surface area contributed by atoms with Gasteiger partial charge in [0, 0.05) is 0 Å². The first-order valence-electron chi connectivity index (χ1n) is 4.50. The molecule has 1 heterocycles. The number of aryl methyl sites for hydroxylation is 1. The number of furan rings is 1. The lowest BCUT2D eigenvalue weighted by molar-refractivity contribution is 0.414. The lowest BCUT2D eigenvalue weighted by atomic mass is 10.1. The Labute approximate surface area is 83.1 Å². The van der Waals surface area contributed by atoms with E-state index in [-0.39, 0.29) is 0 Å². The third-order valence-corrected chi connectivity index (χ3v) is 2.22. The fourth-order valence-electron chi connectivity index (χ4n) is 1.55. The highest BCUT2D eigenvalue weighted by Crippen LogP contribution is 2.32. The van der Waals surface area contributed by atoms with Crippen LogP contribution in [0.3, 0.4) is 0 Å². The minimum atomic E-state index is 0.847. The molecule has 0 radical (unpaired) electrons. The summed E-state index contributed by atoms with van der Waals surface area (Å²) in [7, 11) is 1.67. The van der Waals surface area contributed by atoms with Gasteiger partial charge >= 0.3 is 0 Å². The van der Waals surface area contributed by atoms with Crippen molar-refractivity contribution in [3.63, 3.8) is 0 Å². The van der Waals surface area contributed by atoms with E-state index in [0.717, 1.165) is 22.6 Å². The van der Waals surface area contributed by atoms with Crippen LogP contribution in [0, 0.1) is 6.92 Å². The largest absolute Gasteiger partial charge is 0.496 e. The van der Waals surface area contributed by atoms with Crippen molar-refractivity contribution in [3.05, 3.63) is 42.2 Å². The van der Waals surface area contributed by atoms with Gasteiger partial charge in [-0.1, -0.05) is 12.1 Å². The molecule has 0 fully saturated rings. The minimum absolute atomic E-state index is 0.847. The Hall–Kier alpha value is -1.70. The molecule has 2 rings (SSSR count). The van der Waals surface area contributed by atoms with Gasteiger partial charge in [-0.15, -0.1) is 0 Å². The normalized spacial score (nSPS) is 10.1. The van der Waals surface area contributed by atoms with Crippen molar-refractivity contribution in [3.8, 4) is 17.1 Å². The van der Waals surface area contributed by atoms with E-state index < -0.39 is 0 Å². The zero-order chi connectivity index (χ0) is 9.97. The van der Waals surface area contributed by atoms with E-state index in [2.05, 4.69) is 0 Å². The Balaban J connectivity index is 2.61. The molecule has 0 aliphatic rings. The van der Waals surface area contributed by atoms with Crippen LogP contribution in [0.25, 0.3) is 11.3 Å². The summed E-state index contributed by atoms with van der Waals surface area (Å²) in [4.78, 5) is 0. The first-order valence-corrected chi connectivity index (χ1v) is 4.50. The Morgan fingerprint density at radius 2 is 2.00 bits per heavy atom. The van der Waals surface area contributed by atoms with Gasteiger partial charge in [-0.2, -0.15) is 0 Å². The van der Waals surface area contributed by atoms with E-state index in [0.29, 0.717) is 0 Å². The smallest absolute Gasteiger partial charge is 0.137 e.